The van der Waals surface area contributed by atoms with Gasteiger partial charge in [-0.1, -0.05) is 26.8 Å². The van der Waals surface area contributed by atoms with Gasteiger partial charge in [-0.05, 0) is 18.6 Å². The van der Waals surface area contributed by atoms with E-state index >= 15 is 0 Å². The molecule has 0 radical (unpaired) electrons. The number of nitrogens with zero attached hydrogens (tertiary/aromatic N) is 1. The van der Waals surface area contributed by atoms with E-state index in [0.29, 0.717) is 13.0 Å². The van der Waals surface area contributed by atoms with Crippen LogP contribution in [0.15, 0.2) is 24.4 Å². The number of rotatable bonds is 6. The lowest BCUT2D eigenvalue weighted by Crippen LogP contribution is -2.40. The maximum Gasteiger partial charge on any atom is 0.225 e. The molecule has 1 atom stereocenters. The van der Waals surface area contributed by atoms with Crippen LogP contribution in [0.5, 0.6) is 0 Å². The molecule has 1 unspecified atom stereocenters. The first-order chi connectivity index (χ1) is 8.51. The Balaban J connectivity index is 2.60. The Labute approximate surface area is 108 Å². The van der Waals surface area contributed by atoms with Crippen LogP contribution >= 0.6 is 0 Å². The van der Waals surface area contributed by atoms with Crippen molar-refractivity contribution in [3.05, 3.63) is 30.1 Å². The van der Waals surface area contributed by atoms with E-state index in [2.05, 4.69) is 10.3 Å². The molecule has 0 aromatic carbocycles. The average Bonchev–Trinajstić information content (AvgIpc) is 2.39. The fourth-order valence-electron chi connectivity index (χ4n) is 1.70. The van der Waals surface area contributed by atoms with Crippen LogP contribution < -0.4 is 5.32 Å². The lowest BCUT2D eigenvalue weighted by atomic mass is 9.88. The molecule has 0 bridgehead atoms. The molecular formula is C14H22N2O2. The van der Waals surface area contributed by atoms with Crippen LogP contribution in [0.25, 0.3) is 0 Å². The van der Waals surface area contributed by atoms with Crippen molar-refractivity contribution in [1.82, 2.24) is 10.3 Å². The predicted octanol–water partition coefficient (Wildman–Crippen LogP) is 1.49. The smallest absolute Gasteiger partial charge is 0.225 e. The average molecular weight is 250 g/mol. The van der Waals surface area contributed by atoms with Crippen LogP contribution in [0.1, 0.15) is 32.9 Å². The molecule has 1 aromatic rings. The summed E-state index contributed by atoms with van der Waals surface area (Å²) in [5.74, 6) is -0.409. The van der Waals surface area contributed by atoms with Crippen LogP contribution in [-0.4, -0.2) is 29.1 Å². The Morgan fingerprint density at radius 1 is 1.50 bits per heavy atom. The maximum absolute atomic E-state index is 11.8. The quantitative estimate of drug-likeness (QED) is 0.804. The Hall–Kier alpha value is -1.42. The summed E-state index contributed by atoms with van der Waals surface area (Å²) in [7, 11) is 0. The molecule has 0 fully saturated rings. The minimum absolute atomic E-state index is 0.0935. The van der Waals surface area contributed by atoms with Gasteiger partial charge in [0.15, 0.2) is 0 Å². The molecule has 1 aromatic heterocycles. The highest BCUT2D eigenvalue weighted by Crippen LogP contribution is 2.19. The van der Waals surface area contributed by atoms with E-state index in [1.165, 1.54) is 0 Å². The van der Waals surface area contributed by atoms with Crippen LogP contribution in [-0.2, 0) is 10.2 Å². The third-order valence-corrected chi connectivity index (χ3v) is 3.15. The number of amides is 1. The van der Waals surface area contributed by atoms with Crippen molar-refractivity contribution in [3.8, 4) is 0 Å². The summed E-state index contributed by atoms with van der Waals surface area (Å²) in [6.45, 7) is 6.38. The van der Waals surface area contributed by atoms with Crippen molar-refractivity contribution in [3.63, 3.8) is 0 Å². The van der Waals surface area contributed by atoms with Crippen molar-refractivity contribution in [2.75, 3.05) is 13.2 Å². The number of aliphatic hydroxyl groups is 1. The molecule has 100 valence electrons. The predicted molar refractivity (Wildman–Crippen MR) is 71.1 cm³/mol. The van der Waals surface area contributed by atoms with Gasteiger partial charge in [0, 0.05) is 23.9 Å². The minimum atomic E-state index is -0.315. The third kappa shape index (κ3) is 3.81. The molecule has 4 nitrogen and oxygen atoms in total. The van der Waals surface area contributed by atoms with Crippen LogP contribution in [0.2, 0.25) is 0 Å². The second-order valence-corrected chi connectivity index (χ2v) is 5.10. The molecule has 18 heavy (non-hydrogen) atoms. The van der Waals surface area contributed by atoms with E-state index in [4.69, 9.17) is 5.11 Å². The zero-order valence-electron chi connectivity index (χ0n) is 11.3. The van der Waals surface area contributed by atoms with Gasteiger partial charge in [0.1, 0.15) is 0 Å². The SMILES string of the molecule is CCC(CO)C(=O)NCC(C)(C)c1ccccn1. The second kappa shape index (κ2) is 6.50. The normalized spacial score (nSPS) is 13.1. The summed E-state index contributed by atoms with van der Waals surface area (Å²) in [6, 6.07) is 5.76. The first-order valence-corrected chi connectivity index (χ1v) is 6.31. The summed E-state index contributed by atoms with van der Waals surface area (Å²) < 4.78 is 0. The molecule has 0 aliphatic carbocycles. The molecule has 1 amide bonds. The molecule has 4 heteroatoms. The molecule has 0 aliphatic heterocycles. The largest absolute Gasteiger partial charge is 0.396 e. The Bertz CT molecular complexity index is 373. The highest BCUT2D eigenvalue weighted by molar-refractivity contribution is 5.78. The van der Waals surface area contributed by atoms with Crippen LogP contribution in [0.4, 0.5) is 0 Å². The highest BCUT2D eigenvalue weighted by atomic mass is 16.3. The Kier molecular flexibility index (Phi) is 5.28. The molecule has 1 heterocycles. The van der Waals surface area contributed by atoms with Crippen molar-refractivity contribution < 1.29 is 9.90 Å². The zero-order valence-corrected chi connectivity index (χ0v) is 11.3. The van der Waals surface area contributed by atoms with Gasteiger partial charge in [-0.3, -0.25) is 9.78 Å². The number of aromatic nitrogens is 1. The fourth-order valence-corrected chi connectivity index (χ4v) is 1.70. The van der Waals surface area contributed by atoms with Gasteiger partial charge in [-0.25, -0.2) is 0 Å². The summed E-state index contributed by atoms with van der Waals surface area (Å²) in [5.41, 5.74) is 0.729. The number of carbonyl (C=O) groups excluding carboxylic acids is 1. The van der Waals surface area contributed by atoms with E-state index in [-0.39, 0.29) is 23.8 Å². The van der Waals surface area contributed by atoms with Crippen LogP contribution in [0.3, 0.4) is 0 Å². The van der Waals surface area contributed by atoms with Gasteiger partial charge in [-0.2, -0.15) is 0 Å². The number of carbonyl (C=O) groups is 1. The fraction of sp³-hybridized carbons (Fsp3) is 0.571. The molecule has 1 rings (SSSR count). The standard InChI is InChI=1S/C14H22N2O2/c1-4-11(9-17)13(18)16-10-14(2,3)12-7-5-6-8-15-12/h5-8,11,17H,4,9-10H2,1-3H3,(H,16,18). The summed E-state index contributed by atoms with van der Waals surface area (Å²) in [4.78, 5) is 16.1. The van der Waals surface area contributed by atoms with Crippen molar-refractivity contribution >= 4 is 5.91 Å². The third-order valence-electron chi connectivity index (χ3n) is 3.15. The summed E-state index contributed by atoms with van der Waals surface area (Å²) >= 11 is 0. The Morgan fingerprint density at radius 2 is 2.22 bits per heavy atom. The molecule has 0 saturated carbocycles. The number of nitrogens with one attached hydrogen (secondary N) is 1. The monoisotopic (exact) mass is 250 g/mol. The highest BCUT2D eigenvalue weighted by Gasteiger charge is 2.24. The van der Waals surface area contributed by atoms with E-state index in [1.54, 1.807) is 6.20 Å². The molecule has 0 spiro atoms. The van der Waals surface area contributed by atoms with Crippen molar-refractivity contribution in [2.45, 2.75) is 32.6 Å². The molecular weight excluding hydrogens is 228 g/mol. The Morgan fingerprint density at radius 3 is 2.72 bits per heavy atom. The van der Waals surface area contributed by atoms with Gasteiger partial charge in [0.25, 0.3) is 0 Å². The minimum Gasteiger partial charge on any atom is -0.396 e. The second-order valence-electron chi connectivity index (χ2n) is 5.10. The molecule has 2 N–H and O–H groups in total. The molecule has 0 saturated heterocycles. The topological polar surface area (TPSA) is 62.2 Å². The first kappa shape index (κ1) is 14.6. The number of aliphatic hydroxyl groups excluding tert-OH is 1. The van der Waals surface area contributed by atoms with E-state index < -0.39 is 0 Å². The molecule has 0 aliphatic rings. The maximum atomic E-state index is 11.8. The van der Waals surface area contributed by atoms with E-state index in [1.807, 2.05) is 39.0 Å². The summed E-state index contributed by atoms with van der Waals surface area (Å²) in [5, 5.41) is 12.0. The van der Waals surface area contributed by atoms with Gasteiger partial charge in [0.05, 0.1) is 12.5 Å². The van der Waals surface area contributed by atoms with E-state index in [0.717, 1.165) is 5.69 Å². The number of hydrogen-bond acceptors (Lipinski definition) is 3. The van der Waals surface area contributed by atoms with Gasteiger partial charge >= 0.3 is 0 Å². The lowest BCUT2D eigenvalue weighted by molar-refractivity contribution is -0.126. The van der Waals surface area contributed by atoms with Gasteiger partial charge in [-0.15, -0.1) is 0 Å². The lowest BCUT2D eigenvalue weighted by Gasteiger charge is -2.25. The van der Waals surface area contributed by atoms with E-state index in [9.17, 15) is 4.79 Å². The first-order valence-electron chi connectivity index (χ1n) is 6.31. The number of hydrogen-bond donors (Lipinski definition) is 2. The zero-order chi connectivity index (χ0) is 13.6. The number of pyridine rings is 1. The van der Waals surface area contributed by atoms with Gasteiger partial charge < -0.3 is 10.4 Å². The summed E-state index contributed by atoms with van der Waals surface area (Å²) in [6.07, 6.45) is 2.40. The van der Waals surface area contributed by atoms with Crippen molar-refractivity contribution in [2.24, 2.45) is 5.92 Å². The van der Waals surface area contributed by atoms with Crippen LogP contribution in [0, 0.1) is 5.92 Å². The van der Waals surface area contributed by atoms with Gasteiger partial charge in [0.2, 0.25) is 5.91 Å². The van der Waals surface area contributed by atoms with Crippen molar-refractivity contribution in [1.29, 1.82) is 0 Å².